The Bertz CT molecular complexity index is 537. The van der Waals surface area contributed by atoms with Crippen LogP contribution in [0.3, 0.4) is 0 Å². The Morgan fingerprint density at radius 3 is 2.48 bits per heavy atom. The van der Waals surface area contributed by atoms with Crippen molar-refractivity contribution in [2.45, 2.75) is 63.5 Å². The maximum atomic E-state index is 12.4. The number of nitrogens with zero attached hydrogens (tertiary/aromatic N) is 1. The predicted octanol–water partition coefficient (Wildman–Crippen LogP) is 0.611. The highest BCUT2D eigenvalue weighted by Crippen LogP contribution is 2.34. The monoisotopic (exact) mass is 325 g/mol. The first-order chi connectivity index (χ1) is 10.7. The highest BCUT2D eigenvalue weighted by molar-refractivity contribution is 6.09. The van der Waals surface area contributed by atoms with E-state index in [0.29, 0.717) is 12.8 Å². The summed E-state index contributed by atoms with van der Waals surface area (Å²) in [6.45, 7) is 3.07. The number of rotatable bonds is 6. The van der Waals surface area contributed by atoms with E-state index in [9.17, 15) is 19.2 Å². The summed E-state index contributed by atoms with van der Waals surface area (Å²) in [5.41, 5.74) is -1.55. The second kappa shape index (κ2) is 6.17. The minimum atomic E-state index is -0.940. The smallest absolute Gasteiger partial charge is 0.325 e. The van der Waals surface area contributed by atoms with E-state index in [-0.39, 0.29) is 25.3 Å². The number of carbonyl (C=O) groups excluding carboxylic acids is 3. The van der Waals surface area contributed by atoms with Gasteiger partial charge in [-0.2, -0.15) is 0 Å². The molecule has 0 atom stereocenters. The SMILES string of the molecule is CC(C)(CCC(=O)O)NC(=O)CN1C(=O)NC2(CCCC2)C1=O. The Hall–Kier alpha value is -2.12. The van der Waals surface area contributed by atoms with Crippen LogP contribution in [-0.2, 0) is 14.4 Å². The second-order valence-corrected chi connectivity index (χ2v) is 6.94. The molecular weight excluding hydrogens is 302 g/mol. The third-order valence-corrected chi connectivity index (χ3v) is 4.45. The molecule has 8 nitrogen and oxygen atoms in total. The highest BCUT2D eigenvalue weighted by atomic mass is 16.4. The molecule has 1 heterocycles. The molecule has 1 saturated heterocycles. The van der Waals surface area contributed by atoms with Crippen LogP contribution in [0.4, 0.5) is 4.79 Å². The van der Waals surface area contributed by atoms with Gasteiger partial charge in [0.15, 0.2) is 0 Å². The molecule has 1 aliphatic heterocycles. The lowest BCUT2D eigenvalue weighted by atomic mass is 9.97. The van der Waals surface area contributed by atoms with Crippen LogP contribution in [0, 0.1) is 0 Å². The lowest BCUT2D eigenvalue weighted by molar-refractivity contribution is -0.138. The minimum absolute atomic E-state index is 0.0699. The number of imide groups is 1. The van der Waals surface area contributed by atoms with E-state index in [4.69, 9.17) is 5.11 Å². The fourth-order valence-electron chi connectivity index (χ4n) is 3.18. The van der Waals surface area contributed by atoms with E-state index in [1.54, 1.807) is 13.8 Å². The van der Waals surface area contributed by atoms with Crippen molar-refractivity contribution in [2.24, 2.45) is 0 Å². The summed E-state index contributed by atoms with van der Waals surface area (Å²) in [4.78, 5) is 48.1. The van der Waals surface area contributed by atoms with Crippen LogP contribution >= 0.6 is 0 Å². The summed E-state index contributed by atoms with van der Waals surface area (Å²) in [6.07, 6.45) is 3.18. The van der Waals surface area contributed by atoms with E-state index in [1.807, 2.05) is 0 Å². The van der Waals surface area contributed by atoms with Gasteiger partial charge in [0, 0.05) is 12.0 Å². The van der Waals surface area contributed by atoms with E-state index in [1.165, 1.54) is 0 Å². The highest BCUT2D eigenvalue weighted by Gasteiger charge is 2.52. The molecule has 0 radical (unpaired) electrons. The molecule has 1 saturated carbocycles. The van der Waals surface area contributed by atoms with Gasteiger partial charge in [-0.15, -0.1) is 0 Å². The van der Waals surface area contributed by atoms with Gasteiger partial charge in [0.25, 0.3) is 5.91 Å². The number of hydrogen-bond donors (Lipinski definition) is 3. The van der Waals surface area contributed by atoms with Crippen LogP contribution in [0.2, 0.25) is 0 Å². The number of carboxylic acids is 1. The zero-order chi connectivity index (χ0) is 17.3. The molecule has 0 aromatic heterocycles. The Morgan fingerprint density at radius 2 is 1.91 bits per heavy atom. The molecule has 1 spiro atoms. The van der Waals surface area contributed by atoms with Gasteiger partial charge in [-0.25, -0.2) is 4.79 Å². The molecule has 2 fully saturated rings. The molecular formula is C15H23N3O5. The van der Waals surface area contributed by atoms with Gasteiger partial charge < -0.3 is 15.7 Å². The van der Waals surface area contributed by atoms with Gasteiger partial charge in [-0.05, 0) is 33.1 Å². The lowest BCUT2D eigenvalue weighted by Gasteiger charge is -2.26. The Kier molecular flexibility index (Phi) is 4.63. The zero-order valence-electron chi connectivity index (χ0n) is 13.5. The molecule has 2 rings (SSSR count). The van der Waals surface area contributed by atoms with Gasteiger partial charge >= 0.3 is 12.0 Å². The van der Waals surface area contributed by atoms with Gasteiger partial charge in [0.1, 0.15) is 12.1 Å². The maximum absolute atomic E-state index is 12.4. The lowest BCUT2D eigenvalue weighted by Crippen LogP contribution is -2.50. The number of urea groups is 1. The summed E-state index contributed by atoms with van der Waals surface area (Å²) >= 11 is 0. The first-order valence-electron chi connectivity index (χ1n) is 7.82. The predicted molar refractivity (Wildman–Crippen MR) is 80.5 cm³/mol. The first kappa shape index (κ1) is 17.2. The molecule has 0 aromatic rings. The quantitative estimate of drug-likeness (QED) is 0.619. The Balaban J connectivity index is 1.93. The number of hydrogen-bond acceptors (Lipinski definition) is 4. The Labute approximate surface area is 134 Å². The minimum Gasteiger partial charge on any atom is -0.481 e. The molecule has 3 N–H and O–H groups in total. The normalized spacial score (nSPS) is 20.0. The van der Waals surface area contributed by atoms with E-state index < -0.39 is 29.0 Å². The molecule has 0 aromatic carbocycles. The second-order valence-electron chi connectivity index (χ2n) is 6.94. The largest absolute Gasteiger partial charge is 0.481 e. The maximum Gasteiger partial charge on any atom is 0.325 e. The number of nitrogens with one attached hydrogen (secondary N) is 2. The van der Waals surface area contributed by atoms with Crippen LogP contribution in [0.5, 0.6) is 0 Å². The van der Waals surface area contributed by atoms with E-state index >= 15 is 0 Å². The fourth-order valence-corrected chi connectivity index (χ4v) is 3.18. The van der Waals surface area contributed by atoms with Crippen molar-refractivity contribution in [3.05, 3.63) is 0 Å². The molecule has 23 heavy (non-hydrogen) atoms. The number of carbonyl (C=O) groups is 4. The molecule has 2 aliphatic rings. The van der Waals surface area contributed by atoms with E-state index in [0.717, 1.165) is 17.7 Å². The standard InChI is InChI=1S/C15H23N3O5/c1-14(2,8-5-11(20)21)16-10(19)9-18-12(22)15(17-13(18)23)6-3-4-7-15/h3-9H2,1-2H3,(H,16,19)(H,17,23)(H,20,21). The molecule has 4 amide bonds. The third-order valence-electron chi connectivity index (χ3n) is 4.45. The average molecular weight is 325 g/mol. The first-order valence-corrected chi connectivity index (χ1v) is 7.82. The number of amides is 4. The Morgan fingerprint density at radius 1 is 1.30 bits per heavy atom. The van der Waals surface area contributed by atoms with Crippen molar-refractivity contribution in [3.63, 3.8) is 0 Å². The van der Waals surface area contributed by atoms with E-state index in [2.05, 4.69) is 10.6 Å². The molecule has 8 heteroatoms. The van der Waals surface area contributed by atoms with Crippen LogP contribution in [0.25, 0.3) is 0 Å². The van der Waals surface area contributed by atoms with Crippen LogP contribution < -0.4 is 10.6 Å². The van der Waals surface area contributed by atoms with Gasteiger partial charge in [0.2, 0.25) is 5.91 Å². The van der Waals surface area contributed by atoms with Crippen molar-refractivity contribution < 1.29 is 24.3 Å². The van der Waals surface area contributed by atoms with Gasteiger partial charge in [-0.3, -0.25) is 19.3 Å². The van der Waals surface area contributed by atoms with Crippen LogP contribution in [-0.4, -0.2) is 51.4 Å². The topological polar surface area (TPSA) is 116 Å². The van der Waals surface area contributed by atoms with Crippen molar-refractivity contribution in [3.8, 4) is 0 Å². The van der Waals surface area contributed by atoms with Crippen LogP contribution in [0.15, 0.2) is 0 Å². The number of carboxylic acid groups (broad SMARTS) is 1. The fraction of sp³-hybridized carbons (Fsp3) is 0.733. The van der Waals surface area contributed by atoms with Gasteiger partial charge in [-0.1, -0.05) is 12.8 Å². The molecule has 0 bridgehead atoms. The van der Waals surface area contributed by atoms with Crippen molar-refractivity contribution >= 4 is 23.8 Å². The zero-order valence-corrected chi connectivity index (χ0v) is 13.5. The molecule has 0 unspecified atom stereocenters. The summed E-state index contributed by atoms with van der Waals surface area (Å²) in [5, 5.41) is 14.1. The molecule has 1 aliphatic carbocycles. The third kappa shape index (κ3) is 3.80. The molecule has 128 valence electrons. The van der Waals surface area contributed by atoms with Crippen molar-refractivity contribution in [2.75, 3.05) is 6.54 Å². The number of aliphatic carboxylic acids is 1. The summed E-state index contributed by atoms with van der Waals surface area (Å²) in [6, 6.07) is -0.532. The van der Waals surface area contributed by atoms with Gasteiger partial charge in [0.05, 0.1) is 0 Å². The van der Waals surface area contributed by atoms with Crippen LogP contribution in [0.1, 0.15) is 52.4 Å². The summed E-state index contributed by atoms with van der Waals surface area (Å²) in [5.74, 6) is -1.75. The van der Waals surface area contributed by atoms with Crippen molar-refractivity contribution in [1.82, 2.24) is 15.5 Å². The summed E-state index contributed by atoms with van der Waals surface area (Å²) in [7, 11) is 0. The average Bonchev–Trinajstić information content (AvgIpc) is 2.98. The summed E-state index contributed by atoms with van der Waals surface area (Å²) < 4.78 is 0. The van der Waals surface area contributed by atoms with Crippen molar-refractivity contribution in [1.29, 1.82) is 0 Å².